The Morgan fingerprint density at radius 2 is 0.698 bits per heavy atom. The van der Waals surface area contributed by atoms with Crippen molar-refractivity contribution in [1.82, 2.24) is 0 Å². The van der Waals surface area contributed by atoms with E-state index in [4.69, 9.17) is 0 Å². The lowest BCUT2D eigenvalue weighted by molar-refractivity contribution is 0.795. The van der Waals surface area contributed by atoms with Gasteiger partial charge in [0.15, 0.2) is 0 Å². The second kappa shape index (κ2) is 10.6. The van der Waals surface area contributed by atoms with Gasteiger partial charge in [0.1, 0.15) is 0 Å². The third-order valence-corrected chi connectivity index (χ3v) is 12.2. The van der Waals surface area contributed by atoms with Gasteiger partial charge in [0, 0.05) is 0 Å². The number of rotatable bonds is 2. The number of hydrogen-bond donors (Lipinski definition) is 0. The first-order valence-corrected chi connectivity index (χ1v) is 18.6. The molecule has 0 nitrogen and oxygen atoms in total. The predicted octanol–water partition coefficient (Wildman–Crippen LogP) is 14.0. The average molecular weight is 669 g/mol. The van der Waals surface area contributed by atoms with Gasteiger partial charge in [-0.2, -0.15) is 0 Å². The first-order valence-electron chi connectivity index (χ1n) is 18.6. The van der Waals surface area contributed by atoms with Gasteiger partial charge in [0.05, 0.1) is 5.41 Å². The molecule has 0 N–H and O–H groups in total. The number of fused-ring (bicyclic) bond motifs is 16. The zero-order valence-corrected chi connectivity index (χ0v) is 29.0. The molecule has 0 amide bonds. The Morgan fingerprint density at radius 3 is 1.32 bits per heavy atom. The fourth-order valence-electron chi connectivity index (χ4n) is 10.3. The minimum absolute atomic E-state index is 0.462. The molecule has 0 radical (unpaired) electrons. The normalized spacial score (nSPS) is 13.4. The Bertz CT molecular complexity index is 3060. The van der Waals surface area contributed by atoms with E-state index in [0.29, 0.717) is 0 Å². The van der Waals surface area contributed by atoms with Gasteiger partial charge in [-0.05, 0) is 116 Å². The summed E-state index contributed by atoms with van der Waals surface area (Å²) in [4.78, 5) is 0. The summed E-state index contributed by atoms with van der Waals surface area (Å²) in [6, 6.07) is 72.8. The summed E-state index contributed by atoms with van der Waals surface area (Å²) in [5.74, 6) is 0. The standard InChI is InChI=1S/C53H32/c1-2-17-34(18-3-1)49-40-24-8-10-26-42(40)50(43-27-11-9-25-41(43)49)44-32-48-52(39-23-7-6-20-36(39)44)51-35-19-5-4-16-33(35)30-31-47(51)53(48)45-28-14-12-21-37(45)38-22-13-15-29-46(38)53/h1-32H. The molecule has 0 fully saturated rings. The maximum Gasteiger partial charge on any atom is 0.0726 e. The predicted molar refractivity (Wildman–Crippen MR) is 224 cm³/mol. The molecule has 0 bridgehead atoms. The van der Waals surface area contributed by atoms with Crippen LogP contribution in [0.25, 0.3) is 87.6 Å². The Balaban J connectivity index is 1.31. The average Bonchev–Trinajstić information content (AvgIpc) is 3.70. The zero-order valence-electron chi connectivity index (χ0n) is 29.0. The molecule has 0 heterocycles. The summed E-state index contributed by atoms with van der Waals surface area (Å²) >= 11 is 0. The fourth-order valence-corrected chi connectivity index (χ4v) is 10.3. The van der Waals surface area contributed by atoms with E-state index >= 15 is 0 Å². The molecule has 0 saturated carbocycles. The van der Waals surface area contributed by atoms with E-state index in [1.165, 1.54) is 110 Å². The molecule has 10 aromatic carbocycles. The Labute approximate surface area is 308 Å². The highest BCUT2D eigenvalue weighted by molar-refractivity contribution is 6.25. The molecular weight excluding hydrogens is 637 g/mol. The Kier molecular flexibility index (Phi) is 5.80. The van der Waals surface area contributed by atoms with E-state index in [1.54, 1.807) is 0 Å². The van der Waals surface area contributed by atoms with Crippen molar-refractivity contribution in [3.63, 3.8) is 0 Å². The molecule has 0 aromatic heterocycles. The van der Waals surface area contributed by atoms with Crippen molar-refractivity contribution in [3.8, 4) is 44.5 Å². The van der Waals surface area contributed by atoms with Crippen LogP contribution in [0, 0.1) is 0 Å². The molecule has 0 heteroatoms. The number of hydrogen-bond acceptors (Lipinski definition) is 0. The van der Waals surface area contributed by atoms with Gasteiger partial charge in [0.2, 0.25) is 0 Å². The lowest BCUT2D eigenvalue weighted by Gasteiger charge is -2.31. The van der Waals surface area contributed by atoms with Crippen molar-refractivity contribution in [2.24, 2.45) is 0 Å². The lowest BCUT2D eigenvalue weighted by Crippen LogP contribution is -2.26. The van der Waals surface area contributed by atoms with Crippen LogP contribution >= 0.6 is 0 Å². The summed E-state index contributed by atoms with van der Waals surface area (Å²) in [5.41, 5.74) is 15.5. The van der Waals surface area contributed by atoms with E-state index in [1.807, 2.05) is 0 Å². The molecule has 244 valence electrons. The first-order chi connectivity index (χ1) is 26.3. The highest BCUT2D eigenvalue weighted by atomic mass is 14.5. The third kappa shape index (κ3) is 3.65. The molecule has 0 aliphatic heterocycles. The molecule has 10 aromatic rings. The maximum absolute atomic E-state index is 2.60. The summed E-state index contributed by atoms with van der Waals surface area (Å²) in [7, 11) is 0. The summed E-state index contributed by atoms with van der Waals surface area (Å²) in [5, 5.41) is 10.3. The molecule has 12 rings (SSSR count). The van der Waals surface area contributed by atoms with Crippen LogP contribution in [0.5, 0.6) is 0 Å². The van der Waals surface area contributed by atoms with Crippen molar-refractivity contribution in [1.29, 1.82) is 0 Å². The van der Waals surface area contributed by atoms with Crippen LogP contribution < -0.4 is 0 Å². The molecule has 1 spiro atoms. The molecule has 0 atom stereocenters. The Morgan fingerprint density at radius 1 is 0.245 bits per heavy atom. The molecule has 2 aliphatic carbocycles. The molecular formula is C53H32. The van der Waals surface area contributed by atoms with Crippen molar-refractivity contribution in [2.75, 3.05) is 0 Å². The zero-order chi connectivity index (χ0) is 34.7. The molecule has 0 unspecified atom stereocenters. The second-order valence-corrected chi connectivity index (χ2v) is 14.6. The minimum Gasteiger partial charge on any atom is -0.0622 e. The minimum atomic E-state index is -0.462. The van der Waals surface area contributed by atoms with Gasteiger partial charge in [0.25, 0.3) is 0 Å². The number of benzene rings is 10. The van der Waals surface area contributed by atoms with E-state index in [9.17, 15) is 0 Å². The Hall–Kier alpha value is -6.76. The summed E-state index contributed by atoms with van der Waals surface area (Å²) in [6.07, 6.45) is 0. The maximum atomic E-state index is 2.60. The molecule has 0 saturated heterocycles. The van der Waals surface area contributed by atoms with Crippen LogP contribution in [0.2, 0.25) is 0 Å². The largest absolute Gasteiger partial charge is 0.0726 e. The van der Waals surface area contributed by atoms with Crippen LogP contribution in [-0.4, -0.2) is 0 Å². The van der Waals surface area contributed by atoms with Crippen LogP contribution in [0.15, 0.2) is 194 Å². The van der Waals surface area contributed by atoms with Crippen LogP contribution in [0.1, 0.15) is 22.3 Å². The first kappa shape index (κ1) is 28.9. The van der Waals surface area contributed by atoms with Gasteiger partial charge in [-0.3, -0.25) is 0 Å². The molecule has 53 heavy (non-hydrogen) atoms. The van der Waals surface area contributed by atoms with Gasteiger partial charge in [-0.1, -0.05) is 188 Å². The van der Waals surface area contributed by atoms with Crippen molar-refractivity contribution < 1.29 is 0 Å². The van der Waals surface area contributed by atoms with Crippen LogP contribution in [-0.2, 0) is 5.41 Å². The third-order valence-electron chi connectivity index (χ3n) is 12.2. The fraction of sp³-hybridized carbons (Fsp3) is 0.0189. The molecule has 2 aliphatic rings. The quantitative estimate of drug-likeness (QED) is 0.161. The summed E-state index contributed by atoms with van der Waals surface area (Å²) < 4.78 is 0. The van der Waals surface area contributed by atoms with Crippen molar-refractivity contribution in [3.05, 3.63) is 216 Å². The van der Waals surface area contributed by atoms with Crippen LogP contribution in [0.4, 0.5) is 0 Å². The van der Waals surface area contributed by atoms with Crippen molar-refractivity contribution in [2.45, 2.75) is 5.41 Å². The van der Waals surface area contributed by atoms with E-state index < -0.39 is 5.41 Å². The van der Waals surface area contributed by atoms with Gasteiger partial charge in [-0.25, -0.2) is 0 Å². The van der Waals surface area contributed by atoms with Gasteiger partial charge in [-0.15, -0.1) is 0 Å². The van der Waals surface area contributed by atoms with Crippen LogP contribution in [0.3, 0.4) is 0 Å². The highest BCUT2D eigenvalue weighted by Crippen LogP contribution is 2.65. The second-order valence-electron chi connectivity index (χ2n) is 14.6. The van der Waals surface area contributed by atoms with Gasteiger partial charge >= 0.3 is 0 Å². The highest BCUT2D eigenvalue weighted by Gasteiger charge is 2.52. The topological polar surface area (TPSA) is 0 Å². The van der Waals surface area contributed by atoms with E-state index in [0.717, 1.165) is 0 Å². The van der Waals surface area contributed by atoms with Crippen molar-refractivity contribution >= 4 is 43.1 Å². The SMILES string of the molecule is c1ccc(-c2c3ccccc3c(-c3cc4c(c5ccccc35)-c3c(ccc5ccccc35)C43c4ccccc4-c4ccccc43)c3ccccc23)cc1. The van der Waals surface area contributed by atoms with Gasteiger partial charge < -0.3 is 0 Å². The van der Waals surface area contributed by atoms with E-state index in [-0.39, 0.29) is 0 Å². The lowest BCUT2D eigenvalue weighted by atomic mass is 9.69. The monoisotopic (exact) mass is 668 g/mol. The van der Waals surface area contributed by atoms with E-state index in [2.05, 4.69) is 194 Å². The smallest absolute Gasteiger partial charge is 0.0622 e. The summed E-state index contributed by atoms with van der Waals surface area (Å²) in [6.45, 7) is 0.